The molecule has 0 saturated heterocycles. The summed E-state index contributed by atoms with van der Waals surface area (Å²) in [5.74, 6) is 0.362. The minimum absolute atomic E-state index is 0.362. The monoisotopic (exact) mass is 226 g/mol. The lowest BCUT2D eigenvalue weighted by atomic mass is 10.3. The first-order valence-corrected chi connectivity index (χ1v) is 4.94. The molecular weight excluding hydrogens is 220 g/mol. The highest BCUT2D eigenvalue weighted by atomic mass is 32.1. The van der Waals surface area contributed by atoms with Gasteiger partial charge in [0.05, 0.1) is 4.70 Å². The van der Waals surface area contributed by atoms with Crippen LogP contribution in [0.15, 0.2) is 24.3 Å². The molecule has 0 aliphatic carbocycles. The lowest BCUT2D eigenvalue weighted by Crippen LogP contribution is -2.18. The third-order valence-electron chi connectivity index (χ3n) is 1.74. The number of nitrogens with zero attached hydrogens (tertiary/aromatic N) is 2. The number of benzene rings is 1. The van der Waals surface area contributed by atoms with E-state index in [0.717, 1.165) is 14.4 Å². The molecule has 0 bridgehead atoms. The molecule has 1 aromatic heterocycles. The Kier molecular flexibility index (Phi) is 2.30. The second-order valence-electron chi connectivity index (χ2n) is 2.60. The zero-order valence-electron chi connectivity index (χ0n) is 6.91. The number of anilines is 1. The van der Waals surface area contributed by atoms with Crippen LogP contribution < -0.4 is 4.31 Å². The van der Waals surface area contributed by atoms with Crippen LogP contribution in [0, 0.1) is 0 Å². The molecule has 0 aliphatic heterocycles. The van der Waals surface area contributed by atoms with E-state index in [2.05, 4.69) is 17.2 Å². The molecule has 0 unspecified atom stereocenters. The zero-order valence-corrected chi connectivity index (χ0v) is 8.63. The van der Waals surface area contributed by atoms with E-state index in [1.165, 1.54) is 11.5 Å². The number of carbonyl (C=O) groups is 1. The van der Waals surface area contributed by atoms with E-state index in [1.54, 1.807) is 0 Å². The van der Waals surface area contributed by atoms with E-state index in [-0.39, 0.29) is 0 Å². The molecule has 2 aromatic rings. The summed E-state index contributed by atoms with van der Waals surface area (Å²) >= 11 is 5.09. The van der Waals surface area contributed by atoms with E-state index in [9.17, 15) is 4.79 Å². The lowest BCUT2D eigenvalue weighted by Gasteiger charge is -2.07. The molecule has 1 N–H and O–H groups in total. The Morgan fingerprint density at radius 1 is 1.50 bits per heavy atom. The molecule has 4 nitrogen and oxygen atoms in total. The van der Waals surface area contributed by atoms with Crippen LogP contribution in [0.1, 0.15) is 0 Å². The molecule has 0 fully saturated rings. The van der Waals surface area contributed by atoms with Gasteiger partial charge in [-0.05, 0) is 23.7 Å². The number of fused-ring (bicyclic) bond motifs is 1. The van der Waals surface area contributed by atoms with Crippen LogP contribution in [-0.4, -0.2) is 15.6 Å². The number of aromatic nitrogens is 1. The fourth-order valence-corrected chi connectivity index (χ4v) is 2.09. The highest BCUT2D eigenvalue weighted by molar-refractivity contribution is 7.82. The Bertz CT molecular complexity index is 483. The first kappa shape index (κ1) is 9.29. The molecule has 0 spiro atoms. The van der Waals surface area contributed by atoms with Gasteiger partial charge in [0, 0.05) is 5.39 Å². The minimum atomic E-state index is -1.13. The molecule has 0 aliphatic rings. The Hall–Kier alpha value is -1.27. The molecule has 0 radical (unpaired) electrons. The first-order valence-electron chi connectivity index (χ1n) is 3.76. The Balaban J connectivity index is 2.58. The van der Waals surface area contributed by atoms with Crippen LogP contribution in [0.5, 0.6) is 0 Å². The van der Waals surface area contributed by atoms with Crippen molar-refractivity contribution in [3.8, 4) is 0 Å². The van der Waals surface area contributed by atoms with Crippen molar-refractivity contribution >= 4 is 46.3 Å². The average Bonchev–Trinajstić information content (AvgIpc) is 2.60. The number of carboxylic acid groups (broad SMARTS) is 1. The fraction of sp³-hybridized carbons (Fsp3) is 0. The summed E-state index contributed by atoms with van der Waals surface area (Å²) in [6.45, 7) is 0. The predicted molar refractivity (Wildman–Crippen MR) is 59.1 cm³/mol. The van der Waals surface area contributed by atoms with Crippen molar-refractivity contribution in [1.29, 1.82) is 0 Å². The predicted octanol–water partition coefficient (Wildman–Crippen LogP) is 2.63. The SMILES string of the molecule is O=C(O)N(S)c1nsc2ccccc12. The first-order chi connectivity index (χ1) is 6.70. The van der Waals surface area contributed by atoms with Crippen molar-refractivity contribution in [1.82, 2.24) is 4.37 Å². The van der Waals surface area contributed by atoms with Crippen molar-refractivity contribution in [2.45, 2.75) is 0 Å². The van der Waals surface area contributed by atoms with Crippen molar-refractivity contribution in [2.75, 3.05) is 4.31 Å². The second kappa shape index (κ2) is 3.47. The molecule has 1 amide bonds. The van der Waals surface area contributed by atoms with Crippen LogP contribution in [0.3, 0.4) is 0 Å². The van der Waals surface area contributed by atoms with Gasteiger partial charge in [-0.2, -0.15) is 4.37 Å². The molecule has 6 heteroatoms. The largest absolute Gasteiger partial charge is 0.464 e. The van der Waals surface area contributed by atoms with Gasteiger partial charge in [0.15, 0.2) is 5.82 Å². The van der Waals surface area contributed by atoms with Crippen molar-refractivity contribution < 1.29 is 9.90 Å². The molecule has 1 heterocycles. The Morgan fingerprint density at radius 2 is 2.21 bits per heavy atom. The van der Waals surface area contributed by atoms with E-state index < -0.39 is 6.09 Å². The Morgan fingerprint density at radius 3 is 2.93 bits per heavy atom. The van der Waals surface area contributed by atoms with E-state index in [4.69, 9.17) is 5.11 Å². The second-order valence-corrected chi connectivity index (χ2v) is 3.80. The van der Waals surface area contributed by atoms with Crippen LogP contribution in [0.2, 0.25) is 0 Å². The molecule has 1 aromatic carbocycles. The smallest absolute Gasteiger partial charge is 0.423 e. The maximum Gasteiger partial charge on any atom is 0.423 e. The Labute approximate surface area is 89.5 Å². The maximum atomic E-state index is 10.7. The lowest BCUT2D eigenvalue weighted by molar-refractivity contribution is 0.206. The molecule has 0 saturated carbocycles. The van der Waals surface area contributed by atoms with Crippen molar-refractivity contribution in [3.63, 3.8) is 0 Å². The summed E-state index contributed by atoms with van der Waals surface area (Å²) in [6.07, 6.45) is -1.13. The standard InChI is InChI=1S/C8H6N2O2S2/c11-8(12)10(13)7-5-3-1-2-4-6(5)14-9-7/h1-4,13H,(H,11,12). The van der Waals surface area contributed by atoms with E-state index >= 15 is 0 Å². The van der Waals surface area contributed by atoms with Gasteiger partial charge in [0.2, 0.25) is 0 Å². The van der Waals surface area contributed by atoms with Crippen LogP contribution in [-0.2, 0) is 0 Å². The molecular formula is C8H6N2O2S2. The van der Waals surface area contributed by atoms with Crippen LogP contribution in [0.25, 0.3) is 10.1 Å². The summed E-state index contributed by atoms with van der Waals surface area (Å²) < 4.78 is 5.79. The van der Waals surface area contributed by atoms with Gasteiger partial charge >= 0.3 is 6.09 Å². The van der Waals surface area contributed by atoms with Gasteiger partial charge in [0.25, 0.3) is 0 Å². The molecule has 2 rings (SSSR count). The average molecular weight is 226 g/mol. The summed E-state index contributed by atoms with van der Waals surface area (Å²) in [4.78, 5) is 10.7. The number of rotatable bonds is 1. The van der Waals surface area contributed by atoms with E-state index in [1.807, 2.05) is 24.3 Å². The van der Waals surface area contributed by atoms with Gasteiger partial charge in [-0.1, -0.05) is 24.9 Å². The summed E-state index contributed by atoms with van der Waals surface area (Å²) in [7, 11) is 0. The number of amides is 1. The number of hydrogen-bond donors (Lipinski definition) is 2. The van der Waals surface area contributed by atoms with Gasteiger partial charge in [-0.25, -0.2) is 9.10 Å². The normalized spacial score (nSPS) is 10.4. The number of thiol groups is 1. The zero-order chi connectivity index (χ0) is 10.1. The molecule has 0 atom stereocenters. The summed E-state index contributed by atoms with van der Waals surface area (Å²) in [6, 6.07) is 7.43. The van der Waals surface area contributed by atoms with Gasteiger partial charge in [0.1, 0.15) is 0 Å². The van der Waals surface area contributed by atoms with Crippen molar-refractivity contribution in [3.05, 3.63) is 24.3 Å². The minimum Gasteiger partial charge on any atom is -0.464 e. The van der Waals surface area contributed by atoms with E-state index in [0.29, 0.717) is 5.82 Å². The van der Waals surface area contributed by atoms with Gasteiger partial charge in [-0.3, -0.25) is 0 Å². The third kappa shape index (κ3) is 1.42. The highest BCUT2D eigenvalue weighted by Gasteiger charge is 2.15. The molecule has 72 valence electrons. The number of hydrogen-bond acceptors (Lipinski definition) is 4. The third-order valence-corrected chi connectivity index (χ3v) is 2.92. The highest BCUT2D eigenvalue weighted by Crippen LogP contribution is 2.29. The van der Waals surface area contributed by atoms with Crippen molar-refractivity contribution in [2.24, 2.45) is 0 Å². The van der Waals surface area contributed by atoms with Gasteiger partial charge < -0.3 is 5.11 Å². The quantitative estimate of drug-likeness (QED) is 0.735. The summed E-state index contributed by atoms with van der Waals surface area (Å²) in [5.41, 5.74) is 0. The fourth-order valence-electron chi connectivity index (χ4n) is 1.12. The molecule has 14 heavy (non-hydrogen) atoms. The van der Waals surface area contributed by atoms with Crippen LogP contribution in [0.4, 0.5) is 10.6 Å². The van der Waals surface area contributed by atoms with Crippen LogP contribution >= 0.6 is 24.3 Å². The maximum absolute atomic E-state index is 10.7. The topological polar surface area (TPSA) is 53.4 Å². The van der Waals surface area contributed by atoms with Gasteiger partial charge in [-0.15, -0.1) is 0 Å². The summed E-state index contributed by atoms with van der Waals surface area (Å²) in [5, 5.41) is 9.53.